The van der Waals surface area contributed by atoms with Crippen molar-refractivity contribution >= 4 is 126 Å². The second-order valence-electron chi connectivity index (χ2n) is 25.9. The number of benzene rings is 3. The number of carbonyl (C=O) groups is 6. The number of halogens is 2. The molecule has 0 radical (unpaired) electrons. The third-order valence-electron chi connectivity index (χ3n) is 16.4. The van der Waals surface area contributed by atoms with Gasteiger partial charge in [-0.2, -0.15) is 10.2 Å². The van der Waals surface area contributed by atoms with E-state index in [1.807, 2.05) is 54.5 Å². The number of anilines is 6. The first-order valence-electron chi connectivity index (χ1n) is 31.4. The highest BCUT2D eigenvalue weighted by Gasteiger charge is 2.52. The topological polar surface area (TPSA) is 353 Å². The minimum Gasteiger partial charge on any atom is -0.446 e. The molecule has 2 aliphatic carbocycles. The third-order valence-corrected chi connectivity index (χ3v) is 17.5. The minimum atomic E-state index is -1.50. The fourth-order valence-electron chi connectivity index (χ4n) is 11.2. The molecular formula is C63H82BBr2N13O18. The Bertz CT molecular complexity index is 3800. The predicted octanol–water partition coefficient (Wildman–Crippen LogP) is 12.1. The van der Waals surface area contributed by atoms with Crippen molar-refractivity contribution in [2.75, 3.05) is 49.0 Å². The zero-order chi connectivity index (χ0) is 72.2. The standard InChI is InChI=1S/C21H25N5O5.C15H18BrN3O5.C15H19BrN2O3.C12H19BN2O2.HNO3/c1-12(2)31-21(28)23-10-13(3)25(14(4)27)20-8-18(26(29)30)17(7-19(20)23)15-9-22-24(11-15)16-5-6-16;1-8(2)24-15(21)17-7-9(3)18(10(4)20)14-6-12(19(22)23)11(16)5-13(14)17;1-9(2)21-15(20)17-8-10(3)18(11(4)19)13-6-5-12(16)7-14(13)17;1-11(2)12(3,4)17-13(16-11)9-7-14-15(8-9)10-5-6-10;2-1(3)4/h7-9,11-13,16H,5-6,10H2,1-4H3;5-6,8-9H,7H2,1-4H3;5-7,9-10H,8H2,1-4H3;7-8,10H,5-6H2,1-4H3;(H,2,3,4)/t13-;9-;10-;;/m000../s1. The third kappa shape index (κ3) is 18.1. The molecule has 6 heterocycles. The van der Waals surface area contributed by atoms with E-state index in [0.29, 0.717) is 58.2 Å². The summed E-state index contributed by atoms with van der Waals surface area (Å²) in [5.74, 6) is -0.547. The Hall–Kier alpha value is -8.76. The Balaban J connectivity index is 0.000000182. The van der Waals surface area contributed by atoms with Gasteiger partial charge in [0.1, 0.15) is 0 Å². The molecule has 6 amide bonds. The van der Waals surface area contributed by atoms with Crippen LogP contribution in [-0.2, 0) is 37.9 Å². The smallest absolute Gasteiger partial charge is 0.446 e. The van der Waals surface area contributed by atoms with E-state index in [9.17, 15) is 49.0 Å². The molecule has 31 nitrogen and oxygen atoms in total. The molecule has 97 heavy (non-hydrogen) atoms. The van der Waals surface area contributed by atoms with Crippen LogP contribution in [0.1, 0.15) is 149 Å². The summed E-state index contributed by atoms with van der Waals surface area (Å²) >= 11 is 6.56. The van der Waals surface area contributed by atoms with E-state index >= 15 is 0 Å². The molecule has 1 saturated heterocycles. The molecule has 4 aliphatic heterocycles. The highest BCUT2D eigenvalue weighted by molar-refractivity contribution is 9.10. The molecule has 6 aliphatic rings. The van der Waals surface area contributed by atoms with Crippen molar-refractivity contribution in [2.45, 2.75) is 196 Å². The molecule has 5 aromatic rings. The van der Waals surface area contributed by atoms with Gasteiger partial charge in [0.05, 0.1) is 120 Å². The lowest BCUT2D eigenvalue weighted by atomic mass is 9.82. The van der Waals surface area contributed by atoms with Crippen LogP contribution in [0.2, 0.25) is 0 Å². The number of nitro groups is 2. The number of amides is 6. The Morgan fingerprint density at radius 1 is 0.567 bits per heavy atom. The summed E-state index contributed by atoms with van der Waals surface area (Å²) in [5.41, 5.74) is 3.92. The van der Waals surface area contributed by atoms with Crippen LogP contribution >= 0.6 is 31.9 Å². The first kappa shape index (κ1) is 75.6. The van der Waals surface area contributed by atoms with Crippen LogP contribution in [0.25, 0.3) is 11.1 Å². The molecule has 0 bridgehead atoms. The van der Waals surface area contributed by atoms with Crippen molar-refractivity contribution in [3.05, 3.63) is 107 Å². The van der Waals surface area contributed by atoms with E-state index in [1.54, 1.807) is 69.8 Å². The van der Waals surface area contributed by atoms with Gasteiger partial charge in [0.25, 0.3) is 16.5 Å². The second-order valence-corrected chi connectivity index (χ2v) is 27.7. The number of hydrogen-bond acceptors (Lipinski definition) is 19. The quantitative estimate of drug-likeness (QED) is 0.0620. The minimum absolute atomic E-state index is 0.0389. The van der Waals surface area contributed by atoms with Gasteiger partial charge in [-0.25, -0.2) is 14.4 Å². The molecule has 3 atom stereocenters. The fourth-order valence-corrected chi connectivity index (χ4v) is 12.0. The molecule has 524 valence electrons. The van der Waals surface area contributed by atoms with Gasteiger partial charge in [-0.15, -0.1) is 10.1 Å². The maximum Gasteiger partial charge on any atom is 0.498 e. The summed E-state index contributed by atoms with van der Waals surface area (Å²) in [4.78, 5) is 113. The molecule has 0 spiro atoms. The van der Waals surface area contributed by atoms with Gasteiger partial charge in [-0.1, -0.05) is 15.9 Å². The first-order chi connectivity index (χ1) is 45.2. The van der Waals surface area contributed by atoms with Gasteiger partial charge in [-0.3, -0.25) is 58.7 Å². The van der Waals surface area contributed by atoms with Gasteiger partial charge >= 0.3 is 25.4 Å². The van der Waals surface area contributed by atoms with Crippen LogP contribution in [0.3, 0.4) is 0 Å². The normalized spacial score (nSPS) is 18.7. The van der Waals surface area contributed by atoms with E-state index in [-0.39, 0.29) is 108 Å². The Morgan fingerprint density at radius 2 is 0.938 bits per heavy atom. The number of carbonyl (C=O) groups excluding carboxylic acids is 6. The highest BCUT2D eigenvalue weighted by Crippen LogP contribution is 2.47. The maximum absolute atomic E-state index is 12.8. The van der Waals surface area contributed by atoms with Crippen LogP contribution in [0.4, 0.5) is 59.9 Å². The fraction of sp³-hybridized carbons (Fsp3) is 0.524. The van der Waals surface area contributed by atoms with E-state index in [0.717, 1.165) is 28.5 Å². The highest BCUT2D eigenvalue weighted by atomic mass is 79.9. The predicted molar refractivity (Wildman–Crippen MR) is 367 cm³/mol. The number of hydrogen-bond donors (Lipinski definition) is 1. The number of rotatable bonds is 9. The number of ether oxygens (including phenoxy) is 3. The van der Waals surface area contributed by atoms with Crippen molar-refractivity contribution in [3.63, 3.8) is 0 Å². The van der Waals surface area contributed by atoms with Crippen molar-refractivity contribution in [1.29, 1.82) is 0 Å². The summed E-state index contributed by atoms with van der Waals surface area (Å²) < 4.78 is 32.8. The Labute approximate surface area is 578 Å². The largest absolute Gasteiger partial charge is 0.498 e. The van der Waals surface area contributed by atoms with E-state index in [2.05, 4.69) is 75.9 Å². The van der Waals surface area contributed by atoms with Crippen molar-refractivity contribution < 1.29 is 72.4 Å². The van der Waals surface area contributed by atoms with Gasteiger partial charge < -0.3 is 43.4 Å². The SMILES string of the molecule is CC(=O)N1c2cc([N+](=O)[O-])c(-c3cnn(C4CC4)c3)cc2N(C(=O)OC(C)C)C[C@@H]1C.CC(=O)N1c2cc([N+](=O)[O-])c(Br)cc2N(C(=O)OC(C)C)C[C@@H]1C.CC(=O)N1c2ccc(Br)cc2N(C(=O)OC(C)C)C[C@@H]1C.CC1(C)OB(c2cnn(C3CC3)c2)OC1(C)C.O=[N+]([O-])O. The summed E-state index contributed by atoms with van der Waals surface area (Å²) in [6.07, 6.45) is 9.54. The van der Waals surface area contributed by atoms with Crippen LogP contribution < -0.4 is 34.9 Å². The molecule has 0 unspecified atom stereocenters. The average molecular weight is 1480 g/mol. The monoisotopic (exact) mass is 1480 g/mol. The molecular weight excluding hydrogens is 1400 g/mol. The average Bonchev–Trinajstić information content (AvgIpc) is 1.74. The van der Waals surface area contributed by atoms with Crippen molar-refractivity contribution in [2.24, 2.45) is 0 Å². The Kier molecular flexibility index (Phi) is 24.0. The molecule has 3 aromatic carbocycles. The van der Waals surface area contributed by atoms with Crippen molar-refractivity contribution in [3.8, 4) is 11.1 Å². The number of nitrogens with zero attached hydrogens (tertiary/aromatic N) is 13. The molecule has 3 fully saturated rings. The van der Waals surface area contributed by atoms with Crippen LogP contribution in [0.5, 0.6) is 0 Å². The maximum atomic E-state index is 12.8. The lowest BCUT2D eigenvalue weighted by molar-refractivity contribution is -0.742. The lowest BCUT2D eigenvalue weighted by Crippen LogP contribution is -2.51. The van der Waals surface area contributed by atoms with Gasteiger partial charge in [0.15, 0.2) is 0 Å². The molecule has 11 rings (SSSR count). The summed E-state index contributed by atoms with van der Waals surface area (Å²) in [5, 5.41) is 45.5. The Morgan fingerprint density at radius 3 is 1.33 bits per heavy atom. The summed E-state index contributed by atoms with van der Waals surface area (Å²) in [6, 6.07) is 11.4. The summed E-state index contributed by atoms with van der Waals surface area (Å²) in [6.45, 7) is 29.5. The molecule has 34 heteroatoms. The van der Waals surface area contributed by atoms with Crippen LogP contribution in [-0.4, -0.2) is 150 Å². The van der Waals surface area contributed by atoms with Crippen LogP contribution in [0.15, 0.2) is 76.2 Å². The lowest BCUT2D eigenvalue weighted by Gasteiger charge is -2.40. The number of aromatic nitrogens is 4. The zero-order valence-corrected chi connectivity index (χ0v) is 60.1. The van der Waals surface area contributed by atoms with Gasteiger partial charge in [-0.05, 0) is 162 Å². The number of fused-ring (bicyclic) bond motifs is 3. The van der Waals surface area contributed by atoms with E-state index < -0.39 is 27.1 Å². The molecule has 2 saturated carbocycles. The van der Waals surface area contributed by atoms with Gasteiger partial charge in [0, 0.05) is 86.6 Å². The van der Waals surface area contributed by atoms with Crippen molar-refractivity contribution in [1.82, 2.24) is 19.6 Å². The first-order valence-corrected chi connectivity index (χ1v) is 33.0. The molecule has 2 aromatic heterocycles. The van der Waals surface area contributed by atoms with Gasteiger partial charge in [0.2, 0.25) is 17.7 Å². The van der Waals surface area contributed by atoms with Crippen LogP contribution in [0, 0.1) is 30.3 Å². The zero-order valence-electron chi connectivity index (χ0n) is 57.0. The summed E-state index contributed by atoms with van der Waals surface area (Å²) in [7, 11) is -0.285. The van der Waals surface area contributed by atoms with E-state index in [1.165, 1.54) is 71.4 Å². The molecule has 1 N–H and O–H groups in total. The second kappa shape index (κ2) is 30.8. The van der Waals surface area contributed by atoms with E-state index in [4.69, 9.17) is 38.8 Å². The number of nitro benzene ring substituents is 2.